The minimum absolute atomic E-state index is 0. The van der Waals surface area contributed by atoms with E-state index in [0.717, 1.165) is 12.1 Å². The van der Waals surface area contributed by atoms with Crippen LogP contribution in [0.2, 0.25) is 0 Å². The van der Waals surface area contributed by atoms with Crippen molar-refractivity contribution in [2.75, 3.05) is 24.6 Å². The van der Waals surface area contributed by atoms with Crippen LogP contribution in [-0.4, -0.2) is 77.9 Å². The average molecular weight is 634 g/mol. The number of urea groups is 1. The fourth-order valence-corrected chi connectivity index (χ4v) is 4.87. The number of rotatable bonds is 11. The Morgan fingerprint density at radius 1 is 1.14 bits per heavy atom. The summed E-state index contributed by atoms with van der Waals surface area (Å²) in [5.74, 6) is -1.79. The van der Waals surface area contributed by atoms with Gasteiger partial charge in [0.1, 0.15) is 30.1 Å². The molecule has 1 aliphatic heterocycles. The van der Waals surface area contributed by atoms with Crippen LogP contribution >= 0.6 is 0 Å². The molecule has 1 saturated heterocycles. The molecule has 0 spiro atoms. The highest BCUT2D eigenvalue weighted by molar-refractivity contribution is 5.94. The first kappa shape index (κ1) is 32.2. The van der Waals surface area contributed by atoms with Crippen molar-refractivity contribution < 1.29 is 49.9 Å². The SMILES string of the molecule is CCCOC(=O)OC[n+]1cnn(C[C@@](O)(c2ccc(F)cc2F)[C@@H](C)N2CCN(c3ccc(-n4cnnn4)cc3)C2=O)c1.[Cl-]. The van der Waals surface area contributed by atoms with Crippen molar-refractivity contribution in [3.05, 3.63) is 78.6 Å². The topological polar surface area (TPSA) is 145 Å². The Labute approximate surface area is 256 Å². The summed E-state index contributed by atoms with van der Waals surface area (Å²) in [6.07, 6.45) is 4.03. The molecule has 0 unspecified atom stereocenters. The Kier molecular flexibility index (Phi) is 10.1. The highest BCUT2D eigenvalue weighted by Gasteiger charge is 2.47. The van der Waals surface area contributed by atoms with Gasteiger partial charge in [0.2, 0.25) is 13.1 Å². The molecule has 1 aliphatic rings. The molecular weight excluding hydrogens is 604 g/mol. The van der Waals surface area contributed by atoms with Crippen LogP contribution in [0.4, 0.5) is 24.1 Å². The van der Waals surface area contributed by atoms with E-state index >= 15 is 4.39 Å². The zero-order valence-electron chi connectivity index (χ0n) is 23.8. The number of aliphatic hydroxyl groups is 1. The third kappa shape index (κ3) is 6.75. The highest BCUT2D eigenvalue weighted by atomic mass is 35.5. The lowest BCUT2D eigenvalue weighted by Gasteiger charge is -2.38. The molecule has 2 atom stereocenters. The van der Waals surface area contributed by atoms with E-state index in [9.17, 15) is 19.1 Å². The van der Waals surface area contributed by atoms with E-state index in [1.807, 2.05) is 6.92 Å². The van der Waals surface area contributed by atoms with E-state index in [4.69, 9.17) is 9.47 Å². The van der Waals surface area contributed by atoms with E-state index in [2.05, 4.69) is 20.6 Å². The van der Waals surface area contributed by atoms with E-state index in [0.29, 0.717) is 30.4 Å². The minimum Gasteiger partial charge on any atom is -1.00 e. The maximum Gasteiger partial charge on any atom is 0.511 e. The number of ether oxygens (including phenoxy) is 2. The van der Waals surface area contributed by atoms with Gasteiger partial charge in [0.25, 0.3) is 6.33 Å². The van der Waals surface area contributed by atoms with E-state index in [1.54, 1.807) is 31.2 Å². The second-order valence-electron chi connectivity index (χ2n) is 9.95. The Bertz CT molecular complexity index is 1570. The van der Waals surface area contributed by atoms with Crippen molar-refractivity contribution in [3.63, 3.8) is 0 Å². The first-order chi connectivity index (χ1) is 20.7. The van der Waals surface area contributed by atoms with Crippen LogP contribution in [0.1, 0.15) is 25.8 Å². The molecule has 0 bridgehead atoms. The van der Waals surface area contributed by atoms with Gasteiger partial charge in [0.15, 0.2) is 0 Å². The summed E-state index contributed by atoms with van der Waals surface area (Å²) in [6, 6.07) is 8.50. The van der Waals surface area contributed by atoms with Gasteiger partial charge in [-0.2, -0.15) is 0 Å². The lowest BCUT2D eigenvalue weighted by atomic mass is 9.85. The second-order valence-corrected chi connectivity index (χ2v) is 9.95. The number of benzene rings is 2. The van der Waals surface area contributed by atoms with Gasteiger partial charge >= 0.3 is 12.2 Å². The van der Waals surface area contributed by atoms with Crippen molar-refractivity contribution in [3.8, 4) is 5.69 Å². The van der Waals surface area contributed by atoms with Crippen molar-refractivity contribution >= 4 is 17.9 Å². The summed E-state index contributed by atoms with van der Waals surface area (Å²) in [4.78, 5) is 28.3. The fourth-order valence-electron chi connectivity index (χ4n) is 4.87. The molecule has 1 fully saturated rings. The Hall–Kier alpha value is -4.70. The number of aromatic nitrogens is 7. The number of nitrogens with zero attached hydrogens (tertiary/aromatic N) is 9. The fraction of sp³-hybridized carbons (Fsp3) is 0.370. The monoisotopic (exact) mass is 633 g/mol. The Balaban J connectivity index is 0.00000442. The highest BCUT2D eigenvalue weighted by Crippen LogP contribution is 2.35. The number of carbonyl (C=O) groups excluding carboxylic acids is 2. The zero-order chi connectivity index (χ0) is 30.6. The van der Waals surface area contributed by atoms with Crippen LogP contribution in [0, 0.1) is 11.6 Å². The van der Waals surface area contributed by atoms with Crippen molar-refractivity contribution in [1.29, 1.82) is 0 Å². The first-order valence-corrected chi connectivity index (χ1v) is 13.5. The van der Waals surface area contributed by atoms with Gasteiger partial charge in [-0.1, -0.05) is 13.0 Å². The predicted molar refractivity (Wildman–Crippen MR) is 143 cm³/mol. The van der Waals surface area contributed by atoms with Crippen molar-refractivity contribution in [1.82, 2.24) is 34.9 Å². The predicted octanol–water partition coefficient (Wildman–Crippen LogP) is -0.832. The molecule has 1 N–H and O–H groups in total. The van der Waals surface area contributed by atoms with Crippen LogP contribution in [0.25, 0.3) is 5.69 Å². The number of hydrogen-bond donors (Lipinski definition) is 1. The first-order valence-electron chi connectivity index (χ1n) is 13.5. The zero-order valence-corrected chi connectivity index (χ0v) is 24.6. The Morgan fingerprint density at radius 3 is 2.57 bits per heavy atom. The van der Waals surface area contributed by atoms with E-state index in [1.165, 1.54) is 42.7 Å². The molecule has 3 heterocycles. The molecular formula is C27H30ClF2N9O5. The van der Waals surface area contributed by atoms with Crippen molar-refractivity contribution in [2.24, 2.45) is 0 Å². The number of anilines is 1. The normalized spacial score (nSPS) is 15.1. The molecule has 4 aromatic rings. The summed E-state index contributed by atoms with van der Waals surface area (Å²) >= 11 is 0. The molecule has 2 aromatic carbocycles. The maximum atomic E-state index is 15.2. The summed E-state index contributed by atoms with van der Waals surface area (Å²) in [6.45, 7) is 3.67. The minimum atomic E-state index is -2.04. The van der Waals surface area contributed by atoms with Gasteiger partial charge < -0.3 is 31.9 Å². The van der Waals surface area contributed by atoms with Gasteiger partial charge in [-0.15, -0.1) is 9.78 Å². The molecule has 44 heavy (non-hydrogen) atoms. The summed E-state index contributed by atoms with van der Waals surface area (Å²) in [7, 11) is 0. The lowest BCUT2D eigenvalue weighted by Crippen LogP contribution is -3.00. The standard InChI is InChI=1S/C27H30F2N9O5.ClH/c1-3-12-42-26(40)43-18-34-16-31-35(17-34)14-27(41,23-9-4-20(28)13-24(23)29)19(2)36-10-11-37(25(36)39)21-5-7-22(8-6-21)38-15-30-32-33-38;/h4-9,13,15-17,19,41H,3,10-12,14,18H2,1-2H3;1H/q+1;/p-1/t19-,27+;/m1./s1. The number of amides is 2. The van der Waals surface area contributed by atoms with Crippen LogP contribution in [0.5, 0.6) is 0 Å². The van der Waals surface area contributed by atoms with Gasteiger partial charge in [0, 0.05) is 35.5 Å². The molecule has 234 valence electrons. The molecule has 0 aliphatic carbocycles. The van der Waals surface area contributed by atoms with Gasteiger partial charge in [-0.25, -0.2) is 27.6 Å². The van der Waals surface area contributed by atoms with Crippen LogP contribution in [0.15, 0.2) is 61.4 Å². The third-order valence-corrected chi connectivity index (χ3v) is 7.16. The summed E-state index contributed by atoms with van der Waals surface area (Å²) in [5, 5.41) is 27.4. The van der Waals surface area contributed by atoms with Gasteiger partial charge in [-0.3, -0.25) is 4.90 Å². The molecule has 14 nitrogen and oxygen atoms in total. The Morgan fingerprint density at radius 2 is 1.89 bits per heavy atom. The van der Waals surface area contributed by atoms with Crippen LogP contribution in [-0.2, 0) is 28.4 Å². The molecule has 2 amide bonds. The number of hydrogen-bond acceptors (Lipinski definition) is 9. The van der Waals surface area contributed by atoms with Crippen LogP contribution in [0.3, 0.4) is 0 Å². The molecule has 2 aromatic heterocycles. The van der Waals surface area contributed by atoms with E-state index < -0.39 is 35.5 Å². The number of carbonyl (C=O) groups is 2. The average Bonchev–Trinajstić information content (AvgIpc) is 3.76. The smallest absolute Gasteiger partial charge is 0.511 e. The van der Waals surface area contributed by atoms with Gasteiger partial charge in [-0.05, 0) is 54.1 Å². The molecule has 0 saturated carbocycles. The molecule has 5 rings (SSSR count). The van der Waals surface area contributed by atoms with E-state index in [-0.39, 0.29) is 44.4 Å². The number of tetrazole rings is 1. The van der Waals surface area contributed by atoms with Crippen molar-refractivity contribution in [2.45, 2.75) is 45.2 Å². The largest absolute Gasteiger partial charge is 1.00 e. The lowest BCUT2D eigenvalue weighted by molar-refractivity contribution is -0.728. The molecule has 17 heteroatoms. The maximum absolute atomic E-state index is 15.2. The summed E-state index contributed by atoms with van der Waals surface area (Å²) < 4.78 is 43.1. The second kappa shape index (κ2) is 13.7. The summed E-state index contributed by atoms with van der Waals surface area (Å²) in [5.41, 5.74) is -0.942. The number of halogens is 3. The van der Waals surface area contributed by atoms with Gasteiger partial charge in [0.05, 0.1) is 18.3 Å². The molecule has 0 radical (unpaired) electrons. The third-order valence-electron chi connectivity index (χ3n) is 7.16. The van der Waals surface area contributed by atoms with Crippen LogP contribution < -0.4 is 21.9 Å². The quantitative estimate of drug-likeness (QED) is 0.165.